The van der Waals surface area contributed by atoms with Crippen LogP contribution in [-0.2, 0) is 4.79 Å². The van der Waals surface area contributed by atoms with E-state index in [-0.39, 0.29) is 9.56 Å². The summed E-state index contributed by atoms with van der Waals surface area (Å²) in [6.45, 7) is 3.36. The maximum Gasteiger partial charge on any atom is 0.258 e. The Bertz CT molecular complexity index is 155. The summed E-state index contributed by atoms with van der Waals surface area (Å²) in [5.74, 6) is 0. The van der Waals surface area contributed by atoms with E-state index < -0.39 is 0 Å². The van der Waals surface area contributed by atoms with Crippen molar-refractivity contribution in [1.29, 1.82) is 0 Å². The van der Waals surface area contributed by atoms with Crippen LogP contribution in [0.4, 0.5) is 4.79 Å². The fourth-order valence-electron chi connectivity index (χ4n) is 0.296. The highest BCUT2D eigenvalue weighted by Gasteiger charge is 2.24. The number of thioether (sulfide) groups is 2. The van der Waals surface area contributed by atoms with Crippen molar-refractivity contribution in [3.63, 3.8) is 0 Å². The zero-order chi connectivity index (χ0) is 6.15. The molecule has 0 spiro atoms. The van der Waals surface area contributed by atoms with Crippen LogP contribution in [0.1, 0.15) is 0 Å². The molecule has 42 valence electrons. The molecule has 1 aliphatic rings. The van der Waals surface area contributed by atoms with Crippen molar-refractivity contribution >= 4 is 33.1 Å². The van der Waals surface area contributed by atoms with Crippen molar-refractivity contribution in [3.8, 4) is 0 Å². The van der Waals surface area contributed by atoms with Crippen LogP contribution in [0.25, 0.3) is 0 Å². The van der Waals surface area contributed by atoms with E-state index >= 15 is 0 Å². The van der Waals surface area contributed by atoms with Crippen LogP contribution in [0.2, 0.25) is 0 Å². The number of carbonyl (C=O) groups is 2. The first-order valence-corrected chi connectivity index (χ1v) is 3.46. The minimum atomic E-state index is -0.208. The lowest BCUT2D eigenvalue weighted by Crippen LogP contribution is -1.79. The summed E-state index contributed by atoms with van der Waals surface area (Å²) in [5, 5.41) is -0.208. The van der Waals surface area contributed by atoms with Crippen LogP contribution in [0.3, 0.4) is 0 Å². The summed E-state index contributed by atoms with van der Waals surface area (Å²) in [7, 11) is 0. The van der Waals surface area contributed by atoms with Gasteiger partial charge in [0.15, 0.2) is 0 Å². The first-order chi connectivity index (χ1) is 3.70. The molecule has 2 nitrogen and oxygen atoms in total. The number of hydrogen-bond acceptors (Lipinski definition) is 4. The molecule has 0 N–H and O–H groups in total. The van der Waals surface area contributed by atoms with E-state index in [0.717, 1.165) is 11.8 Å². The first-order valence-electron chi connectivity index (χ1n) is 1.83. The number of carbonyl (C=O) groups excluding carboxylic acids is 2. The summed E-state index contributed by atoms with van der Waals surface area (Å²) >= 11 is 1.62. The van der Waals surface area contributed by atoms with Crippen LogP contribution in [0.5, 0.6) is 0 Å². The Morgan fingerprint density at radius 3 is 2.00 bits per heavy atom. The largest absolute Gasteiger partial charge is 0.280 e. The summed E-state index contributed by atoms with van der Waals surface area (Å²) in [5.41, 5.74) is 0. The van der Waals surface area contributed by atoms with Crippen molar-refractivity contribution in [3.05, 3.63) is 11.5 Å². The van der Waals surface area contributed by atoms with Crippen molar-refractivity contribution in [2.24, 2.45) is 0 Å². The van der Waals surface area contributed by atoms with Gasteiger partial charge in [0.2, 0.25) is 5.12 Å². The predicted molar refractivity (Wildman–Crippen MR) is 34.7 cm³/mol. The lowest BCUT2D eigenvalue weighted by Gasteiger charge is -1.75. The molecule has 0 bridgehead atoms. The van der Waals surface area contributed by atoms with Crippen molar-refractivity contribution in [1.82, 2.24) is 0 Å². The molecular formula is C4H2O2S2. The average Bonchev–Trinajstić information content (AvgIpc) is 1.85. The number of rotatable bonds is 0. The molecule has 0 unspecified atom stereocenters. The molecule has 1 aliphatic heterocycles. The Balaban J connectivity index is 2.79. The van der Waals surface area contributed by atoms with Gasteiger partial charge in [-0.05, 0) is 11.8 Å². The summed E-state index contributed by atoms with van der Waals surface area (Å²) in [6.07, 6.45) is 0. The van der Waals surface area contributed by atoms with E-state index in [0.29, 0.717) is 16.7 Å². The molecule has 0 atom stereocenters. The molecule has 0 aliphatic carbocycles. The maximum absolute atomic E-state index is 10.4. The lowest BCUT2D eigenvalue weighted by molar-refractivity contribution is -0.107. The van der Waals surface area contributed by atoms with Crippen LogP contribution in [0, 0.1) is 0 Å². The topological polar surface area (TPSA) is 34.1 Å². The molecule has 0 amide bonds. The molecule has 1 rings (SSSR count). The van der Waals surface area contributed by atoms with Gasteiger partial charge in [-0.3, -0.25) is 9.59 Å². The van der Waals surface area contributed by atoms with E-state index in [2.05, 4.69) is 6.58 Å². The minimum Gasteiger partial charge on any atom is -0.280 e. The maximum atomic E-state index is 10.4. The van der Waals surface area contributed by atoms with Crippen molar-refractivity contribution in [2.75, 3.05) is 0 Å². The third-order valence-electron chi connectivity index (χ3n) is 0.610. The zero-order valence-corrected chi connectivity index (χ0v) is 5.47. The van der Waals surface area contributed by atoms with E-state index in [4.69, 9.17) is 0 Å². The second-order valence-electron chi connectivity index (χ2n) is 1.16. The molecule has 8 heavy (non-hydrogen) atoms. The van der Waals surface area contributed by atoms with E-state index in [1.54, 1.807) is 0 Å². The first kappa shape index (κ1) is 5.91. The highest BCUT2D eigenvalue weighted by Crippen LogP contribution is 2.35. The van der Waals surface area contributed by atoms with Gasteiger partial charge in [-0.25, -0.2) is 0 Å². The highest BCUT2D eigenvalue weighted by atomic mass is 32.2. The Morgan fingerprint density at radius 2 is 1.88 bits per heavy atom. The van der Waals surface area contributed by atoms with Gasteiger partial charge in [0.25, 0.3) is 4.45 Å². The minimum absolute atomic E-state index is 0.167. The van der Waals surface area contributed by atoms with Gasteiger partial charge in [-0.1, -0.05) is 6.58 Å². The fourth-order valence-corrected chi connectivity index (χ4v) is 1.79. The SMILES string of the molecule is C=C1SC(=O)SC1=O. The Labute approximate surface area is 54.7 Å². The number of hydrogen-bond donors (Lipinski definition) is 0. The fraction of sp³-hybridized carbons (Fsp3) is 0. The Morgan fingerprint density at radius 1 is 1.25 bits per heavy atom. The van der Waals surface area contributed by atoms with Crippen LogP contribution in [-0.4, -0.2) is 9.56 Å². The monoisotopic (exact) mass is 146 g/mol. The van der Waals surface area contributed by atoms with Gasteiger partial charge < -0.3 is 0 Å². The standard InChI is InChI=1S/C4H2O2S2/c1-2-3(5)8-4(6)7-2/h1H2. The van der Waals surface area contributed by atoms with Gasteiger partial charge in [0, 0.05) is 11.8 Å². The molecule has 0 aromatic carbocycles. The van der Waals surface area contributed by atoms with Gasteiger partial charge in [0.1, 0.15) is 0 Å². The molecule has 0 radical (unpaired) electrons. The van der Waals surface area contributed by atoms with Crippen LogP contribution < -0.4 is 0 Å². The zero-order valence-electron chi connectivity index (χ0n) is 3.84. The van der Waals surface area contributed by atoms with Crippen molar-refractivity contribution in [2.45, 2.75) is 0 Å². The third kappa shape index (κ3) is 0.952. The van der Waals surface area contributed by atoms with Crippen molar-refractivity contribution < 1.29 is 9.59 Å². The van der Waals surface area contributed by atoms with Crippen LogP contribution in [0.15, 0.2) is 11.5 Å². The smallest absolute Gasteiger partial charge is 0.258 e. The Hall–Kier alpha value is -0.220. The lowest BCUT2D eigenvalue weighted by atomic mass is 10.7. The summed E-state index contributed by atoms with van der Waals surface area (Å²) < 4.78 is -0.167. The van der Waals surface area contributed by atoms with E-state index in [1.165, 1.54) is 0 Å². The van der Waals surface area contributed by atoms with E-state index in [9.17, 15) is 9.59 Å². The van der Waals surface area contributed by atoms with Gasteiger partial charge in [-0.2, -0.15) is 0 Å². The Kier molecular flexibility index (Phi) is 1.44. The van der Waals surface area contributed by atoms with E-state index in [1.807, 2.05) is 0 Å². The second kappa shape index (κ2) is 1.95. The van der Waals surface area contributed by atoms with Gasteiger partial charge in [0.05, 0.1) is 4.91 Å². The molecule has 0 aromatic rings. The second-order valence-corrected chi connectivity index (χ2v) is 3.44. The summed E-state index contributed by atoms with van der Waals surface area (Å²) in [4.78, 5) is 21.1. The molecule has 1 heterocycles. The molecule has 0 aromatic heterocycles. The van der Waals surface area contributed by atoms with Crippen LogP contribution >= 0.6 is 23.5 Å². The molecule has 0 saturated carbocycles. The molecule has 1 saturated heterocycles. The summed E-state index contributed by atoms with van der Waals surface area (Å²) in [6, 6.07) is 0. The average molecular weight is 146 g/mol. The molecule has 4 heteroatoms. The van der Waals surface area contributed by atoms with Gasteiger partial charge >= 0.3 is 0 Å². The molecule has 1 fully saturated rings. The predicted octanol–water partition coefficient (Wildman–Crippen LogP) is 1.63. The molecular weight excluding hydrogens is 144 g/mol. The third-order valence-corrected chi connectivity index (χ3v) is 2.44. The quantitative estimate of drug-likeness (QED) is 0.486. The normalized spacial score (nSPS) is 20.2. The van der Waals surface area contributed by atoms with Gasteiger partial charge in [-0.15, -0.1) is 0 Å². The highest BCUT2D eigenvalue weighted by molar-refractivity contribution is 8.50.